The molecular formula is C15H18Cl2N4O. The van der Waals surface area contributed by atoms with Crippen molar-refractivity contribution >= 4 is 24.8 Å². The Bertz CT molecular complexity index is 710. The molecule has 3 rings (SSSR count). The zero-order chi connectivity index (χ0) is 13.9. The molecule has 0 aliphatic heterocycles. The molecule has 0 atom stereocenters. The van der Waals surface area contributed by atoms with Crippen LogP contribution in [-0.2, 0) is 6.54 Å². The maximum absolute atomic E-state index is 5.35. The predicted molar refractivity (Wildman–Crippen MR) is 90.7 cm³/mol. The lowest BCUT2D eigenvalue weighted by molar-refractivity contribution is 0.411. The Morgan fingerprint density at radius 1 is 1.18 bits per heavy atom. The van der Waals surface area contributed by atoms with E-state index in [9.17, 15) is 0 Å². The lowest BCUT2D eigenvalue weighted by atomic mass is 10.2. The summed E-state index contributed by atoms with van der Waals surface area (Å²) in [5.74, 6) is 0.882. The number of hydrogen-bond donors (Lipinski definition) is 0. The first-order valence-corrected chi connectivity index (χ1v) is 6.40. The lowest BCUT2D eigenvalue weighted by Gasteiger charge is -2.08. The van der Waals surface area contributed by atoms with E-state index in [4.69, 9.17) is 4.74 Å². The van der Waals surface area contributed by atoms with E-state index in [2.05, 4.69) is 16.0 Å². The van der Waals surface area contributed by atoms with Crippen molar-refractivity contribution in [1.82, 2.24) is 19.1 Å². The Balaban J connectivity index is 0.00000121. The van der Waals surface area contributed by atoms with Crippen LogP contribution in [0.15, 0.2) is 49.4 Å². The number of ether oxygens (including phenoxy) is 1. The van der Waals surface area contributed by atoms with E-state index in [1.54, 1.807) is 19.6 Å². The third-order valence-electron chi connectivity index (χ3n) is 3.23. The first-order chi connectivity index (χ1) is 9.76. The number of aryl methyl sites for hydroxylation is 1. The minimum absolute atomic E-state index is 0. The number of methoxy groups -OCH3 is 1. The summed E-state index contributed by atoms with van der Waals surface area (Å²) in [5.41, 5.74) is 3.15. The van der Waals surface area contributed by atoms with Gasteiger partial charge < -0.3 is 13.9 Å². The van der Waals surface area contributed by atoms with E-state index in [0.717, 1.165) is 29.2 Å². The molecule has 3 aromatic rings. The summed E-state index contributed by atoms with van der Waals surface area (Å²) in [5, 5.41) is 0. The maximum Gasteiger partial charge on any atom is 0.123 e. The molecule has 0 unspecified atom stereocenters. The Morgan fingerprint density at radius 3 is 2.68 bits per heavy atom. The molecule has 0 aliphatic carbocycles. The van der Waals surface area contributed by atoms with E-state index in [-0.39, 0.29) is 24.8 Å². The Morgan fingerprint density at radius 2 is 2.00 bits per heavy atom. The second kappa shape index (κ2) is 7.87. The topological polar surface area (TPSA) is 44.9 Å². The second-order valence-corrected chi connectivity index (χ2v) is 4.66. The van der Waals surface area contributed by atoms with Gasteiger partial charge in [-0.25, -0.2) is 9.97 Å². The van der Waals surface area contributed by atoms with Crippen molar-refractivity contribution in [1.29, 1.82) is 0 Å². The average molecular weight is 341 g/mol. The van der Waals surface area contributed by atoms with Crippen molar-refractivity contribution in [2.45, 2.75) is 13.5 Å². The van der Waals surface area contributed by atoms with Crippen LogP contribution in [0.4, 0.5) is 0 Å². The highest BCUT2D eigenvalue weighted by Crippen LogP contribution is 2.21. The van der Waals surface area contributed by atoms with E-state index in [1.807, 2.05) is 46.9 Å². The molecule has 0 N–H and O–H groups in total. The predicted octanol–water partition coefficient (Wildman–Crippen LogP) is 3.28. The fourth-order valence-corrected chi connectivity index (χ4v) is 2.12. The van der Waals surface area contributed by atoms with Crippen molar-refractivity contribution in [3.8, 4) is 11.4 Å². The Hall–Kier alpha value is -1.98. The van der Waals surface area contributed by atoms with E-state index >= 15 is 0 Å². The monoisotopic (exact) mass is 340 g/mol. The number of aromatic nitrogens is 4. The smallest absolute Gasteiger partial charge is 0.123 e. The highest BCUT2D eigenvalue weighted by atomic mass is 35.5. The van der Waals surface area contributed by atoms with Crippen LogP contribution < -0.4 is 4.74 Å². The van der Waals surface area contributed by atoms with Gasteiger partial charge in [-0.05, 0) is 18.6 Å². The molecule has 2 aromatic heterocycles. The van der Waals surface area contributed by atoms with Crippen molar-refractivity contribution in [3.63, 3.8) is 0 Å². The van der Waals surface area contributed by atoms with Crippen LogP contribution in [0.5, 0.6) is 5.75 Å². The average Bonchev–Trinajstić information content (AvgIpc) is 3.12. The summed E-state index contributed by atoms with van der Waals surface area (Å²) in [6, 6.07) is 6.11. The van der Waals surface area contributed by atoms with E-state index < -0.39 is 0 Å². The van der Waals surface area contributed by atoms with Crippen LogP contribution in [0.3, 0.4) is 0 Å². The van der Waals surface area contributed by atoms with Crippen LogP contribution in [0, 0.1) is 6.92 Å². The molecule has 0 radical (unpaired) electrons. The maximum atomic E-state index is 5.35. The zero-order valence-electron chi connectivity index (χ0n) is 12.3. The summed E-state index contributed by atoms with van der Waals surface area (Å²) in [7, 11) is 1.69. The fourth-order valence-electron chi connectivity index (χ4n) is 2.12. The van der Waals surface area contributed by atoms with Crippen molar-refractivity contribution in [2.75, 3.05) is 7.11 Å². The normalized spacial score (nSPS) is 9.73. The molecule has 0 bridgehead atoms. The fraction of sp³-hybridized carbons (Fsp3) is 0.200. The number of imidazole rings is 2. The largest absolute Gasteiger partial charge is 0.496 e. The van der Waals surface area contributed by atoms with Crippen molar-refractivity contribution in [2.24, 2.45) is 0 Å². The van der Waals surface area contributed by atoms with Gasteiger partial charge in [0.15, 0.2) is 0 Å². The number of rotatable bonds is 4. The number of hydrogen-bond acceptors (Lipinski definition) is 3. The third kappa shape index (κ3) is 3.81. The van der Waals surface area contributed by atoms with Crippen LogP contribution >= 0.6 is 24.8 Å². The summed E-state index contributed by atoms with van der Waals surface area (Å²) in [6.45, 7) is 2.75. The summed E-state index contributed by atoms with van der Waals surface area (Å²) >= 11 is 0. The van der Waals surface area contributed by atoms with Crippen LogP contribution in [0.2, 0.25) is 0 Å². The quantitative estimate of drug-likeness (QED) is 0.732. The summed E-state index contributed by atoms with van der Waals surface area (Å²) in [4.78, 5) is 8.45. The van der Waals surface area contributed by atoms with Crippen LogP contribution in [0.25, 0.3) is 5.69 Å². The van der Waals surface area contributed by atoms with Crippen LogP contribution in [0.1, 0.15) is 11.3 Å². The first kappa shape index (κ1) is 18.1. The molecule has 0 amide bonds. The highest BCUT2D eigenvalue weighted by Gasteiger charge is 2.04. The number of halogens is 2. The zero-order valence-corrected chi connectivity index (χ0v) is 14.0. The van der Waals surface area contributed by atoms with E-state index in [0.29, 0.717) is 0 Å². The van der Waals surface area contributed by atoms with Gasteiger partial charge >= 0.3 is 0 Å². The molecule has 7 heteroatoms. The molecule has 0 fully saturated rings. The molecular weight excluding hydrogens is 323 g/mol. The molecule has 22 heavy (non-hydrogen) atoms. The van der Waals surface area contributed by atoms with Gasteiger partial charge in [0.1, 0.15) is 5.75 Å². The molecule has 0 spiro atoms. The molecule has 0 aliphatic rings. The minimum atomic E-state index is 0. The van der Waals surface area contributed by atoms with E-state index in [1.165, 1.54) is 0 Å². The Labute approximate surface area is 141 Å². The molecule has 0 saturated carbocycles. The molecule has 2 heterocycles. The molecule has 5 nitrogen and oxygen atoms in total. The van der Waals surface area contributed by atoms with Gasteiger partial charge in [0, 0.05) is 24.7 Å². The van der Waals surface area contributed by atoms with Crippen molar-refractivity contribution in [3.05, 3.63) is 60.7 Å². The SMILES string of the molecule is COc1cc(-n2cnc(Cn3ccnc3)c2)ccc1C.Cl.Cl. The van der Waals surface area contributed by atoms with Gasteiger partial charge in [0.05, 0.1) is 37.7 Å². The van der Waals surface area contributed by atoms with Gasteiger partial charge in [0.25, 0.3) is 0 Å². The Kier molecular flexibility index (Phi) is 6.46. The first-order valence-electron chi connectivity index (χ1n) is 6.40. The molecule has 1 aromatic carbocycles. The standard InChI is InChI=1S/C15H16N4O.2ClH/c1-12-3-4-14(7-15(12)20-2)19-9-13(17-11-19)8-18-6-5-16-10-18;;/h3-7,9-11H,8H2,1-2H3;2*1H. The summed E-state index contributed by atoms with van der Waals surface area (Å²) < 4.78 is 9.34. The van der Waals surface area contributed by atoms with Gasteiger partial charge in [-0.3, -0.25) is 0 Å². The molecule has 0 saturated heterocycles. The van der Waals surface area contributed by atoms with Gasteiger partial charge in [-0.15, -0.1) is 24.8 Å². The van der Waals surface area contributed by atoms with Gasteiger partial charge in [-0.1, -0.05) is 6.07 Å². The highest BCUT2D eigenvalue weighted by molar-refractivity contribution is 5.85. The number of nitrogens with zero attached hydrogens (tertiary/aromatic N) is 4. The summed E-state index contributed by atoms with van der Waals surface area (Å²) in [6.07, 6.45) is 9.31. The lowest BCUT2D eigenvalue weighted by Crippen LogP contribution is -1.96. The second-order valence-electron chi connectivity index (χ2n) is 4.66. The van der Waals surface area contributed by atoms with Crippen LogP contribution in [-0.4, -0.2) is 26.2 Å². The third-order valence-corrected chi connectivity index (χ3v) is 3.23. The molecule has 118 valence electrons. The van der Waals surface area contributed by atoms with Gasteiger partial charge in [-0.2, -0.15) is 0 Å². The van der Waals surface area contributed by atoms with Gasteiger partial charge in [0.2, 0.25) is 0 Å². The van der Waals surface area contributed by atoms with Crippen molar-refractivity contribution < 1.29 is 4.74 Å². The number of benzene rings is 1. The minimum Gasteiger partial charge on any atom is -0.496 e.